The SMILES string of the molecule is Cc1ccc(SCC(=O)Nc2oc(C)c3c(C)n[nH]c(=O)c23)c(C)c1. The Balaban J connectivity index is 1.79. The fraction of sp³-hybridized carbons (Fsp3) is 0.278. The maximum Gasteiger partial charge on any atom is 0.277 e. The first-order valence-electron chi connectivity index (χ1n) is 7.85. The predicted molar refractivity (Wildman–Crippen MR) is 99.4 cm³/mol. The van der Waals surface area contributed by atoms with Crippen LogP contribution in [0.4, 0.5) is 5.88 Å². The Hall–Kier alpha value is -2.54. The molecule has 0 unspecified atom stereocenters. The van der Waals surface area contributed by atoms with Gasteiger partial charge in [0.05, 0.1) is 16.8 Å². The number of benzene rings is 1. The molecule has 0 saturated heterocycles. The van der Waals surface area contributed by atoms with Crippen molar-refractivity contribution < 1.29 is 9.21 Å². The Morgan fingerprint density at radius 3 is 2.72 bits per heavy atom. The van der Waals surface area contributed by atoms with Gasteiger partial charge in [0.1, 0.15) is 11.1 Å². The van der Waals surface area contributed by atoms with Crippen LogP contribution >= 0.6 is 11.8 Å². The van der Waals surface area contributed by atoms with Gasteiger partial charge in [-0.3, -0.25) is 14.9 Å². The van der Waals surface area contributed by atoms with Crippen molar-refractivity contribution in [3.63, 3.8) is 0 Å². The molecular formula is C18H19N3O3S. The van der Waals surface area contributed by atoms with Crippen molar-refractivity contribution in [2.45, 2.75) is 32.6 Å². The average molecular weight is 357 g/mol. The van der Waals surface area contributed by atoms with Crippen LogP contribution in [0.2, 0.25) is 0 Å². The molecule has 3 aromatic rings. The van der Waals surface area contributed by atoms with Gasteiger partial charge in [0.15, 0.2) is 0 Å². The van der Waals surface area contributed by atoms with E-state index in [9.17, 15) is 9.59 Å². The first kappa shape index (κ1) is 17.3. The lowest BCUT2D eigenvalue weighted by atomic mass is 10.2. The highest BCUT2D eigenvalue weighted by atomic mass is 32.2. The number of aryl methyl sites for hydroxylation is 4. The molecule has 130 valence electrons. The normalized spacial score (nSPS) is 11.0. The van der Waals surface area contributed by atoms with E-state index in [2.05, 4.69) is 21.6 Å². The largest absolute Gasteiger partial charge is 0.444 e. The quantitative estimate of drug-likeness (QED) is 0.698. The maximum atomic E-state index is 12.3. The third-order valence-corrected chi connectivity index (χ3v) is 5.12. The highest BCUT2D eigenvalue weighted by Crippen LogP contribution is 2.29. The summed E-state index contributed by atoms with van der Waals surface area (Å²) < 4.78 is 5.59. The van der Waals surface area contributed by atoms with Crippen LogP contribution in [0.3, 0.4) is 0 Å². The second kappa shape index (κ2) is 6.76. The molecule has 1 amide bonds. The summed E-state index contributed by atoms with van der Waals surface area (Å²) in [6.45, 7) is 7.58. The van der Waals surface area contributed by atoms with E-state index in [0.717, 1.165) is 10.5 Å². The number of rotatable bonds is 4. The Bertz CT molecular complexity index is 1020. The van der Waals surface area contributed by atoms with E-state index >= 15 is 0 Å². The van der Waals surface area contributed by atoms with Crippen molar-refractivity contribution in [1.29, 1.82) is 0 Å². The molecule has 0 radical (unpaired) electrons. The van der Waals surface area contributed by atoms with E-state index in [1.165, 1.54) is 17.3 Å². The van der Waals surface area contributed by atoms with Gasteiger partial charge in [-0.2, -0.15) is 5.10 Å². The number of nitrogens with one attached hydrogen (secondary N) is 2. The van der Waals surface area contributed by atoms with Crippen LogP contribution in [-0.4, -0.2) is 21.9 Å². The molecule has 7 heteroatoms. The number of aromatic nitrogens is 2. The van der Waals surface area contributed by atoms with Crippen LogP contribution in [0.15, 0.2) is 32.3 Å². The summed E-state index contributed by atoms with van der Waals surface area (Å²) in [5.74, 6) is 0.732. The second-order valence-corrected chi connectivity index (χ2v) is 7.00. The second-order valence-electron chi connectivity index (χ2n) is 5.98. The summed E-state index contributed by atoms with van der Waals surface area (Å²) in [5, 5.41) is 10.0. The minimum atomic E-state index is -0.380. The third-order valence-electron chi connectivity index (χ3n) is 3.94. The molecule has 0 saturated carbocycles. The van der Waals surface area contributed by atoms with Crippen molar-refractivity contribution in [2.75, 3.05) is 11.1 Å². The van der Waals surface area contributed by atoms with E-state index in [0.29, 0.717) is 22.2 Å². The van der Waals surface area contributed by atoms with Gasteiger partial charge in [-0.25, -0.2) is 5.10 Å². The zero-order valence-electron chi connectivity index (χ0n) is 14.5. The number of H-pyrrole nitrogens is 1. The molecule has 0 aliphatic rings. The number of hydrogen-bond acceptors (Lipinski definition) is 5. The number of hydrogen-bond donors (Lipinski definition) is 2. The maximum absolute atomic E-state index is 12.3. The van der Waals surface area contributed by atoms with Crippen molar-refractivity contribution in [2.24, 2.45) is 0 Å². The van der Waals surface area contributed by atoms with Crippen molar-refractivity contribution in [3.05, 3.63) is 51.1 Å². The molecule has 6 nitrogen and oxygen atoms in total. The van der Waals surface area contributed by atoms with Crippen LogP contribution in [0.5, 0.6) is 0 Å². The lowest BCUT2D eigenvalue weighted by Gasteiger charge is -2.06. The number of fused-ring (bicyclic) bond motifs is 1. The molecule has 0 atom stereocenters. The zero-order chi connectivity index (χ0) is 18.1. The van der Waals surface area contributed by atoms with E-state index < -0.39 is 0 Å². The van der Waals surface area contributed by atoms with Gasteiger partial charge in [-0.1, -0.05) is 17.7 Å². The summed E-state index contributed by atoms with van der Waals surface area (Å²) >= 11 is 1.45. The van der Waals surface area contributed by atoms with E-state index in [4.69, 9.17) is 4.42 Å². The molecule has 2 aromatic heterocycles. The molecule has 1 aromatic carbocycles. The molecule has 0 aliphatic carbocycles. The first-order chi connectivity index (χ1) is 11.9. The lowest BCUT2D eigenvalue weighted by Crippen LogP contribution is -2.16. The van der Waals surface area contributed by atoms with Crippen molar-refractivity contribution in [1.82, 2.24) is 10.2 Å². The summed E-state index contributed by atoms with van der Waals surface area (Å²) in [7, 11) is 0. The summed E-state index contributed by atoms with van der Waals surface area (Å²) in [4.78, 5) is 25.4. The van der Waals surface area contributed by atoms with E-state index in [-0.39, 0.29) is 23.1 Å². The topological polar surface area (TPSA) is 88.0 Å². The number of nitrogens with zero attached hydrogens (tertiary/aromatic N) is 1. The Morgan fingerprint density at radius 2 is 2.00 bits per heavy atom. The fourth-order valence-corrected chi connectivity index (χ4v) is 3.61. The van der Waals surface area contributed by atoms with Crippen LogP contribution < -0.4 is 10.9 Å². The minimum Gasteiger partial charge on any atom is -0.444 e. The van der Waals surface area contributed by atoms with Crippen LogP contribution in [0.1, 0.15) is 22.6 Å². The number of amides is 1. The molecule has 0 aliphatic heterocycles. The van der Waals surface area contributed by atoms with Gasteiger partial charge in [0, 0.05) is 4.90 Å². The van der Waals surface area contributed by atoms with Crippen molar-refractivity contribution >= 4 is 34.3 Å². The van der Waals surface area contributed by atoms with E-state index in [1.807, 2.05) is 26.0 Å². The van der Waals surface area contributed by atoms with Crippen LogP contribution in [0, 0.1) is 27.7 Å². The molecule has 3 rings (SSSR count). The molecule has 0 spiro atoms. The fourth-order valence-electron chi connectivity index (χ4n) is 2.80. The van der Waals surface area contributed by atoms with Gasteiger partial charge in [-0.15, -0.1) is 11.8 Å². The Morgan fingerprint density at radius 1 is 1.24 bits per heavy atom. The molecule has 2 heterocycles. The number of aromatic amines is 1. The number of anilines is 1. The summed E-state index contributed by atoms with van der Waals surface area (Å²) in [6, 6.07) is 6.11. The average Bonchev–Trinajstić information content (AvgIpc) is 2.87. The third kappa shape index (κ3) is 3.46. The van der Waals surface area contributed by atoms with Crippen LogP contribution in [0.25, 0.3) is 10.8 Å². The zero-order valence-corrected chi connectivity index (χ0v) is 15.3. The Kier molecular flexibility index (Phi) is 4.67. The highest BCUT2D eigenvalue weighted by molar-refractivity contribution is 8.00. The smallest absolute Gasteiger partial charge is 0.277 e. The van der Waals surface area contributed by atoms with Gasteiger partial charge in [0.2, 0.25) is 11.8 Å². The van der Waals surface area contributed by atoms with E-state index in [1.54, 1.807) is 13.8 Å². The first-order valence-corrected chi connectivity index (χ1v) is 8.83. The number of furan rings is 1. The lowest BCUT2D eigenvalue weighted by molar-refractivity contribution is -0.113. The van der Waals surface area contributed by atoms with Gasteiger partial charge in [0.25, 0.3) is 5.56 Å². The molecule has 2 N–H and O–H groups in total. The van der Waals surface area contributed by atoms with Crippen LogP contribution in [-0.2, 0) is 4.79 Å². The molecular weight excluding hydrogens is 338 g/mol. The molecule has 0 fully saturated rings. The predicted octanol–water partition coefficient (Wildman–Crippen LogP) is 3.48. The Labute approximate surface area is 149 Å². The summed E-state index contributed by atoms with van der Waals surface area (Å²) in [6.07, 6.45) is 0. The van der Waals surface area contributed by atoms with Gasteiger partial charge >= 0.3 is 0 Å². The monoisotopic (exact) mass is 357 g/mol. The highest BCUT2D eigenvalue weighted by Gasteiger charge is 2.18. The number of thioether (sulfide) groups is 1. The molecule has 25 heavy (non-hydrogen) atoms. The molecule has 0 bridgehead atoms. The summed E-state index contributed by atoms with van der Waals surface area (Å²) in [5.41, 5.74) is 2.60. The van der Waals surface area contributed by atoms with Gasteiger partial charge in [-0.05, 0) is 39.3 Å². The number of carbonyl (C=O) groups excluding carboxylic acids is 1. The minimum absolute atomic E-state index is 0.172. The standard InChI is InChI=1S/C18H19N3O3S/c1-9-5-6-13(10(2)7-9)25-8-14(22)19-18-16-15(12(4)24-18)11(3)20-21-17(16)23/h5-7H,8H2,1-4H3,(H,19,22)(H,21,23). The number of carbonyl (C=O) groups is 1. The van der Waals surface area contributed by atoms with Crippen molar-refractivity contribution in [3.8, 4) is 0 Å². The van der Waals surface area contributed by atoms with Gasteiger partial charge < -0.3 is 4.42 Å².